The van der Waals surface area contributed by atoms with E-state index in [0.29, 0.717) is 6.42 Å². The fourth-order valence-corrected chi connectivity index (χ4v) is 2.99. The molecular weight excluding hydrogens is 256 g/mol. The monoisotopic (exact) mass is 274 g/mol. The van der Waals surface area contributed by atoms with Gasteiger partial charge in [0.15, 0.2) is 5.65 Å². The van der Waals surface area contributed by atoms with Gasteiger partial charge in [0.25, 0.3) is 0 Å². The minimum atomic E-state index is -0.741. The molecule has 2 aromatic heterocycles. The number of nitrogens with zero attached hydrogens (tertiary/aromatic N) is 3. The van der Waals surface area contributed by atoms with Crippen LogP contribution in [0.5, 0.6) is 0 Å². The van der Waals surface area contributed by atoms with Crippen LogP contribution in [0.25, 0.3) is 5.65 Å². The van der Waals surface area contributed by atoms with Crippen LogP contribution in [-0.4, -0.2) is 31.7 Å². The Balaban J connectivity index is 1.97. The normalized spacial score (nSPS) is 26.0. The molecule has 0 amide bonds. The Hall–Kier alpha value is -2.11. The second kappa shape index (κ2) is 4.47. The SMILES string of the molecule is Cc1cc(NC2CCCC2(C)C(=O)O)n2ncnc2c1. The number of fused-ring (bicyclic) bond motifs is 1. The summed E-state index contributed by atoms with van der Waals surface area (Å²) in [5.74, 6) is 0.0619. The predicted molar refractivity (Wildman–Crippen MR) is 74.7 cm³/mol. The number of carboxylic acids is 1. The topological polar surface area (TPSA) is 79.5 Å². The molecule has 6 heteroatoms. The van der Waals surface area contributed by atoms with Gasteiger partial charge in [-0.1, -0.05) is 6.42 Å². The molecule has 2 aromatic rings. The smallest absolute Gasteiger partial charge is 0.311 e. The van der Waals surface area contributed by atoms with E-state index in [2.05, 4.69) is 15.4 Å². The van der Waals surface area contributed by atoms with Crippen molar-refractivity contribution in [2.24, 2.45) is 5.41 Å². The van der Waals surface area contributed by atoms with Crippen molar-refractivity contribution in [2.45, 2.75) is 39.2 Å². The molecule has 20 heavy (non-hydrogen) atoms. The maximum Gasteiger partial charge on any atom is 0.311 e. The lowest BCUT2D eigenvalue weighted by atomic mass is 9.85. The van der Waals surface area contributed by atoms with Crippen molar-refractivity contribution in [3.63, 3.8) is 0 Å². The first-order chi connectivity index (χ1) is 9.50. The Bertz CT molecular complexity index is 666. The Kier molecular flexibility index (Phi) is 2.88. The fourth-order valence-electron chi connectivity index (χ4n) is 2.99. The minimum absolute atomic E-state index is 0.0887. The number of hydrogen-bond acceptors (Lipinski definition) is 4. The number of carbonyl (C=O) groups is 1. The zero-order valence-electron chi connectivity index (χ0n) is 11.6. The maximum absolute atomic E-state index is 11.5. The molecule has 0 radical (unpaired) electrons. The molecule has 0 spiro atoms. The van der Waals surface area contributed by atoms with Crippen molar-refractivity contribution in [3.05, 3.63) is 24.0 Å². The van der Waals surface area contributed by atoms with Gasteiger partial charge in [-0.05, 0) is 44.4 Å². The molecule has 1 aliphatic carbocycles. The van der Waals surface area contributed by atoms with Crippen molar-refractivity contribution < 1.29 is 9.90 Å². The van der Waals surface area contributed by atoms with E-state index in [1.807, 2.05) is 26.0 Å². The van der Waals surface area contributed by atoms with E-state index in [-0.39, 0.29) is 6.04 Å². The molecule has 2 N–H and O–H groups in total. The van der Waals surface area contributed by atoms with E-state index in [1.165, 1.54) is 6.33 Å². The van der Waals surface area contributed by atoms with Crippen LogP contribution in [-0.2, 0) is 4.79 Å². The Labute approximate surface area is 116 Å². The third-order valence-electron chi connectivity index (χ3n) is 4.29. The highest BCUT2D eigenvalue weighted by Crippen LogP contribution is 2.40. The summed E-state index contributed by atoms with van der Waals surface area (Å²) in [4.78, 5) is 15.7. The lowest BCUT2D eigenvalue weighted by molar-refractivity contribution is -0.147. The molecule has 1 aliphatic rings. The third kappa shape index (κ3) is 1.92. The van der Waals surface area contributed by atoms with Gasteiger partial charge in [0.2, 0.25) is 0 Å². The number of aromatic nitrogens is 3. The lowest BCUT2D eigenvalue weighted by Gasteiger charge is -2.28. The molecule has 0 bridgehead atoms. The molecular formula is C14H18N4O2. The number of pyridine rings is 1. The van der Waals surface area contributed by atoms with Crippen molar-refractivity contribution in [3.8, 4) is 0 Å². The number of aliphatic carboxylic acids is 1. The van der Waals surface area contributed by atoms with Crippen molar-refractivity contribution in [1.82, 2.24) is 14.6 Å². The highest BCUT2D eigenvalue weighted by atomic mass is 16.4. The van der Waals surface area contributed by atoms with E-state index >= 15 is 0 Å². The second-order valence-electron chi connectivity index (χ2n) is 5.76. The van der Waals surface area contributed by atoms with Gasteiger partial charge >= 0.3 is 5.97 Å². The van der Waals surface area contributed by atoms with E-state index in [9.17, 15) is 9.90 Å². The van der Waals surface area contributed by atoms with E-state index in [4.69, 9.17) is 0 Å². The standard InChI is InChI=1S/C14H18N4O2/c1-9-6-11-15-8-16-18(11)12(7-9)17-10-4-3-5-14(10,2)13(19)20/h6-8,10,17H,3-5H2,1-2H3,(H,19,20). The number of hydrogen-bond donors (Lipinski definition) is 2. The van der Waals surface area contributed by atoms with Crippen LogP contribution in [0.4, 0.5) is 5.82 Å². The zero-order chi connectivity index (χ0) is 14.3. The third-order valence-corrected chi connectivity index (χ3v) is 4.29. The number of rotatable bonds is 3. The molecule has 0 aromatic carbocycles. The van der Waals surface area contributed by atoms with Gasteiger partial charge in [-0.2, -0.15) is 9.61 Å². The van der Waals surface area contributed by atoms with E-state index < -0.39 is 11.4 Å². The molecule has 2 atom stereocenters. The van der Waals surface area contributed by atoms with Gasteiger partial charge in [-0.15, -0.1) is 0 Å². The van der Waals surface area contributed by atoms with Crippen molar-refractivity contribution in [2.75, 3.05) is 5.32 Å². The molecule has 2 unspecified atom stereocenters. The quantitative estimate of drug-likeness (QED) is 0.896. The summed E-state index contributed by atoms with van der Waals surface area (Å²) >= 11 is 0. The summed E-state index contributed by atoms with van der Waals surface area (Å²) in [5, 5.41) is 17.0. The van der Waals surface area contributed by atoms with Gasteiger partial charge < -0.3 is 10.4 Å². The van der Waals surface area contributed by atoms with E-state index in [1.54, 1.807) is 4.52 Å². The van der Waals surface area contributed by atoms with Crippen LogP contribution in [0.3, 0.4) is 0 Å². The van der Waals surface area contributed by atoms with Crippen LogP contribution in [0.15, 0.2) is 18.5 Å². The fraction of sp³-hybridized carbons (Fsp3) is 0.500. The molecule has 6 nitrogen and oxygen atoms in total. The summed E-state index contributed by atoms with van der Waals surface area (Å²) in [6.07, 6.45) is 3.98. The molecule has 2 heterocycles. The Morgan fingerprint density at radius 1 is 1.55 bits per heavy atom. The van der Waals surface area contributed by atoms with Gasteiger partial charge in [0.05, 0.1) is 5.41 Å². The van der Waals surface area contributed by atoms with Crippen LogP contribution in [0.1, 0.15) is 31.7 Å². The summed E-state index contributed by atoms with van der Waals surface area (Å²) in [6.45, 7) is 3.80. The molecule has 106 valence electrons. The molecule has 1 saturated carbocycles. The molecule has 0 saturated heterocycles. The largest absolute Gasteiger partial charge is 0.481 e. The summed E-state index contributed by atoms with van der Waals surface area (Å²) in [6, 6.07) is 3.83. The first-order valence-corrected chi connectivity index (χ1v) is 6.81. The second-order valence-corrected chi connectivity index (χ2v) is 5.76. The highest BCUT2D eigenvalue weighted by molar-refractivity contribution is 5.76. The summed E-state index contributed by atoms with van der Waals surface area (Å²) in [7, 11) is 0. The van der Waals surface area contributed by atoms with Crippen LogP contribution >= 0.6 is 0 Å². The summed E-state index contributed by atoms with van der Waals surface area (Å²) < 4.78 is 1.72. The number of anilines is 1. The Morgan fingerprint density at radius 3 is 3.10 bits per heavy atom. The number of nitrogens with one attached hydrogen (secondary N) is 1. The maximum atomic E-state index is 11.5. The molecule has 0 aliphatic heterocycles. The Morgan fingerprint density at radius 2 is 2.35 bits per heavy atom. The van der Waals surface area contributed by atoms with Gasteiger partial charge in [-0.3, -0.25) is 4.79 Å². The van der Waals surface area contributed by atoms with Gasteiger partial charge in [0.1, 0.15) is 12.1 Å². The van der Waals surface area contributed by atoms with Crippen molar-refractivity contribution >= 4 is 17.4 Å². The molecule has 1 fully saturated rings. The van der Waals surface area contributed by atoms with Gasteiger partial charge in [-0.25, -0.2) is 4.98 Å². The van der Waals surface area contributed by atoms with Crippen LogP contribution in [0, 0.1) is 12.3 Å². The lowest BCUT2D eigenvalue weighted by Crippen LogP contribution is -2.40. The van der Waals surface area contributed by atoms with E-state index in [0.717, 1.165) is 29.9 Å². The number of carboxylic acid groups (broad SMARTS) is 1. The first kappa shape index (κ1) is 12.9. The highest BCUT2D eigenvalue weighted by Gasteiger charge is 2.45. The number of aryl methyl sites for hydroxylation is 1. The average molecular weight is 274 g/mol. The zero-order valence-corrected chi connectivity index (χ0v) is 11.6. The molecule has 3 rings (SSSR count). The van der Waals surface area contributed by atoms with Crippen LogP contribution < -0.4 is 5.32 Å². The van der Waals surface area contributed by atoms with Crippen LogP contribution in [0.2, 0.25) is 0 Å². The van der Waals surface area contributed by atoms with Gasteiger partial charge in [0, 0.05) is 6.04 Å². The first-order valence-electron chi connectivity index (χ1n) is 6.81. The minimum Gasteiger partial charge on any atom is -0.481 e. The predicted octanol–water partition coefficient (Wildman–Crippen LogP) is 2.09. The van der Waals surface area contributed by atoms with Crippen molar-refractivity contribution in [1.29, 1.82) is 0 Å². The average Bonchev–Trinajstić information content (AvgIpc) is 2.97. The summed E-state index contributed by atoms with van der Waals surface area (Å²) in [5.41, 5.74) is 1.11.